The molecule has 2 N–H and O–H groups in total. The van der Waals surface area contributed by atoms with Gasteiger partial charge in [0, 0.05) is 11.6 Å². The van der Waals surface area contributed by atoms with E-state index in [1.165, 1.54) is 7.11 Å². The summed E-state index contributed by atoms with van der Waals surface area (Å²) >= 11 is 5.85. The van der Waals surface area contributed by atoms with E-state index < -0.39 is 0 Å². The summed E-state index contributed by atoms with van der Waals surface area (Å²) in [6.07, 6.45) is 0. The van der Waals surface area contributed by atoms with Gasteiger partial charge in [-0.1, -0.05) is 18.5 Å². The number of carbonyl (C=O) groups is 1. The predicted molar refractivity (Wildman–Crippen MR) is 73.4 cm³/mol. The van der Waals surface area contributed by atoms with Crippen LogP contribution in [0.15, 0.2) is 18.2 Å². The summed E-state index contributed by atoms with van der Waals surface area (Å²) in [7, 11) is 3.41. The molecule has 1 unspecified atom stereocenters. The zero-order valence-electron chi connectivity index (χ0n) is 10.9. The molecule has 1 aromatic carbocycles. The van der Waals surface area contributed by atoms with E-state index in [4.69, 9.17) is 16.3 Å². The number of rotatable bonds is 6. The molecule has 0 saturated heterocycles. The van der Waals surface area contributed by atoms with Crippen molar-refractivity contribution in [2.75, 3.05) is 27.2 Å². The van der Waals surface area contributed by atoms with Crippen molar-refractivity contribution < 1.29 is 9.53 Å². The van der Waals surface area contributed by atoms with Crippen molar-refractivity contribution in [1.29, 1.82) is 0 Å². The van der Waals surface area contributed by atoms with E-state index in [1.807, 2.05) is 7.05 Å². The van der Waals surface area contributed by atoms with E-state index in [2.05, 4.69) is 17.6 Å². The third-order valence-corrected chi connectivity index (χ3v) is 2.81. The first kappa shape index (κ1) is 14.8. The Morgan fingerprint density at radius 2 is 2.17 bits per heavy atom. The van der Waals surface area contributed by atoms with Gasteiger partial charge in [-0.05, 0) is 37.7 Å². The van der Waals surface area contributed by atoms with Crippen LogP contribution in [0, 0.1) is 5.92 Å². The number of methoxy groups -OCH3 is 1. The number of hydrogen-bond donors (Lipinski definition) is 2. The molecule has 100 valence electrons. The maximum absolute atomic E-state index is 12.0. The molecule has 1 rings (SSSR count). The van der Waals surface area contributed by atoms with Gasteiger partial charge in [-0.15, -0.1) is 0 Å². The molecule has 0 spiro atoms. The Labute approximate surface area is 113 Å². The minimum atomic E-state index is -0.147. The van der Waals surface area contributed by atoms with Crippen molar-refractivity contribution in [3.63, 3.8) is 0 Å². The number of carbonyl (C=O) groups excluding carboxylic acids is 1. The average Bonchev–Trinajstić information content (AvgIpc) is 2.36. The minimum Gasteiger partial charge on any atom is -0.496 e. The maximum atomic E-state index is 12.0. The lowest BCUT2D eigenvalue weighted by molar-refractivity contribution is 0.0945. The SMILES string of the molecule is CNCC(C)CNC(=O)c1ccc(Cl)cc1OC. The van der Waals surface area contributed by atoms with Crippen LogP contribution >= 0.6 is 11.6 Å². The van der Waals surface area contributed by atoms with Crippen molar-refractivity contribution >= 4 is 17.5 Å². The Bertz CT molecular complexity index is 410. The van der Waals surface area contributed by atoms with Gasteiger partial charge in [0.05, 0.1) is 12.7 Å². The highest BCUT2D eigenvalue weighted by Gasteiger charge is 2.13. The quantitative estimate of drug-likeness (QED) is 0.831. The van der Waals surface area contributed by atoms with Crippen LogP contribution in [-0.2, 0) is 0 Å². The van der Waals surface area contributed by atoms with E-state index >= 15 is 0 Å². The number of amides is 1. The molecule has 0 heterocycles. The monoisotopic (exact) mass is 270 g/mol. The normalized spacial score (nSPS) is 12.0. The second-order valence-corrected chi connectivity index (χ2v) is 4.65. The number of benzene rings is 1. The zero-order chi connectivity index (χ0) is 13.5. The molecule has 0 saturated carbocycles. The summed E-state index contributed by atoms with van der Waals surface area (Å²) in [5.41, 5.74) is 0.499. The molecule has 0 bridgehead atoms. The van der Waals surface area contributed by atoms with Gasteiger partial charge in [0.25, 0.3) is 5.91 Å². The molecule has 0 aliphatic carbocycles. The number of hydrogen-bond acceptors (Lipinski definition) is 3. The van der Waals surface area contributed by atoms with Gasteiger partial charge in [-0.25, -0.2) is 0 Å². The van der Waals surface area contributed by atoms with Gasteiger partial charge in [0.15, 0.2) is 0 Å². The van der Waals surface area contributed by atoms with Gasteiger partial charge in [-0.3, -0.25) is 4.79 Å². The third-order valence-electron chi connectivity index (χ3n) is 2.57. The fraction of sp³-hybridized carbons (Fsp3) is 0.462. The highest BCUT2D eigenvalue weighted by Crippen LogP contribution is 2.22. The molecule has 0 aliphatic heterocycles. The molecule has 0 radical (unpaired) electrons. The first-order valence-electron chi connectivity index (χ1n) is 5.84. The lowest BCUT2D eigenvalue weighted by Crippen LogP contribution is -2.32. The molecule has 1 aromatic rings. The summed E-state index contributed by atoms with van der Waals surface area (Å²) in [6.45, 7) is 3.54. The zero-order valence-corrected chi connectivity index (χ0v) is 11.7. The van der Waals surface area contributed by atoms with Gasteiger partial charge in [0.1, 0.15) is 5.75 Å². The molecule has 0 fully saturated rings. The first-order valence-corrected chi connectivity index (χ1v) is 6.22. The summed E-state index contributed by atoms with van der Waals surface area (Å²) in [5.74, 6) is 0.713. The van der Waals surface area contributed by atoms with Crippen LogP contribution < -0.4 is 15.4 Å². The third kappa shape index (κ3) is 4.20. The molecule has 18 heavy (non-hydrogen) atoms. The first-order chi connectivity index (χ1) is 8.58. The van der Waals surface area contributed by atoms with Gasteiger partial charge in [-0.2, -0.15) is 0 Å². The number of nitrogens with one attached hydrogen (secondary N) is 2. The highest BCUT2D eigenvalue weighted by atomic mass is 35.5. The molecule has 0 aromatic heterocycles. The molecule has 4 nitrogen and oxygen atoms in total. The Morgan fingerprint density at radius 1 is 1.44 bits per heavy atom. The van der Waals surface area contributed by atoms with Crippen LogP contribution in [0.4, 0.5) is 0 Å². The summed E-state index contributed by atoms with van der Waals surface area (Å²) in [6, 6.07) is 4.97. The molecule has 0 aliphatic rings. The smallest absolute Gasteiger partial charge is 0.255 e. The van der Waals surface area contributed by atoms with E-state index in [9.17, 15) is 4.79 Å². The Hall–Kier alpha value is -1.26. The van der Waals surface area contributed by atoms with Crippen molar-refractivity contribution in [3.8, 4) is 5.75 Å². The second-order valence-electron chi connectivity index (χ2n) is 4.22. The maximum Gasteiger partial charge on any atom is 0.255 e. The summed E-state index contributed by atoms with van der Waals surface area (Å²) in [4.78, 5) is 12.0. The van der Waals surface area contributed by atoms with Crippen molar-refractivity contribution in [2.45, 2.75) is 6.92 Å². The van der Waals surface area contributed by atoms with Crippen LogP contribution in [0.25, 0.3) is 0 Å². The predicted octanol–water partition coefficient (Wildman–Crippen LogP) is 1.93. The highest BCUT2D eigenvalue weighted by molar-refractivity contribution is 6.30. The van der Waals surface area contributed by atoms with Crippen molar-refractivity contribution in [1.82, 2.24) is 10.6 Å². The minimum absolute atomic E-state index is 0.147. The number of ether oxygens (including phenoxy) is 1. The molecule has 5 heteroatoms. The number of halogens is 1. The standard InChI is InChI=1S/C13H19ClN2O2/c1-9(7-15-2)8-16-13(17)11-5-4-10(14)6-12(11)18-3/h4-6,9,15H,7-8H2,1-3H3,(H,16,17). The van der Waals surface area contributed by atoms with Crippen LogP contribution in [0.1, 0.15) is 17.3 Å². The van der Waals surface area contributed by atoms with Crippen molar-refractivity contribution in [2.24, 2.45) is 5.92 Å². The van der Waals surface area contributed by atoms with E-state index in [1.54, 1.807) is 18.2 Å². The molecular formula is C13H19ClN2O2. The fourth-order valence-corrected chi connectivity index (χ4v) is 1.80. The fourth-order valence-electron chi connectivity index (χ4n) is 1.64. The van der Waals surface area contributed by atoms with Crippen LogP contribution in [0.2, 0.25) is 5.02 Å². The molecule has 1 atom stereocenters. The average molecular weight is 271 g/mol. The van der Waals surface area contributed by atoms with Gasteiger partial charge >= 0.3 is 0 Å². The van der Waals surface area contributed by atoms with E-state index in [-0.39, 0.29) is 5.91 Å². The second kappa shape index (κ2) is 7.24. The van der Waals surface area contributed by atoms with Gasteiger partial charge in [0.2, 0.25) is 0 Å². The Morgan fingerprint density at radius 3 is 2.78 bits per heavy atom. The van der Waals surface area contributed by atoms with Crippen LogP contribution in [0.3, 0.4) is 0 Å². The molecular weight excluding hydrogens is 252 g/mol. The van der Waals surface area contributed by atoms with E-state index in [0.29, 0.717) is 28.8 Å². The summed E-state index contributed by atoms with van der Waals surface area (Å²) < 4.78 is 5.14. The Kier molecular flexibility index (Phi) is 5.95. The van der Waals surface area contributed by atoms with E-state index in [0.717, 1.165) is 6.54 Å². The van der Waals surface area contributed by atoms with Crippen LogP contribution in [-0.4, -0.2) is 33.2 Å². The summed E-state index contributed by atoms with van der Waals surface area (Å²) in [5, 5.41) is 6.49. The van der Waals surface area contributed by atoms with Crippen LogP contribution in [0.5, 0.6) is 5.75 Å². The largest absolute Gasteiger partial charge is 0.496 e. The lowest BCUT2D eigenvalue weighted by atomic mass is 10.1. The topological polar surface area (TPSA) is 50.4 Å². The van der Waals surface area contributed by atoms with Crippen molar-refractivity contribution in [3.05, 3.63) is 28.8 Å². The van der Waals surface area contributed by atoms with Gasteiger partial charge < -0.3 is 15.4 Å². The lowest BCUT2D eigenvalue weighted by Gasteiger charge is -2.13. The molecule has 1 amide bonds. The Balaban J connectivity index is 2.66.